The Bertz CT molecular complexity index is 937. The van der Waals surface area contributed by atoms with Crippen LogP contribution in [0.1, 0.15) is 51.4 Å². The quantitative estimate of drug-likeness (QED) is 0.166. The predicted molar refractivity (Wildman–Crippen MR) is 137 cm³/mol. The lowest BCUT2D eigenvalue weighted by Crippen LogP contribution is -2.28. The van der Waals surface area contributed by atoms with Crippen molar-refractivity contribution in [3.05, 3.63) is 18.2 Å². The van der Waals surface area contributed by atoms with E-state index in [9.17, 15) is 13.2 Å². The lowest BCUT2D eigenvalue weighted by atomic mass is 10.2. The molecule has 0 bridgehead atoms. The number of nitrogens with one attached hydrogen (secondary N) is 4. The number of carbonyl (C=O) groups excluding carboxylic acids is 1. The Balaban J connectivity index is 1.42. The number of amides is 1. The Morgan fingerprint density at radius 2 is 1.56 bits per heavy atom. The van der Waals surface area contributed by atoms with Crippen LogP contribution in [-0.2, 0) is 14.8 Å². The van der Waals surface area contributed by atoms with Crippen LogP contribution in [0.5, 0.6) is 0 Å². The Morgan fingerprint density at radius 1 is 0.853 bits per heavy atom. The monoisotopic (exact) mass is 513 g/mol. The van der Waals surface area contributed by atoms with Crippen LogP contribution in [0.15, 0.2) is 23.1 Å². The summed E-state index contributed by atoms with van der Waals surface area (Å²) in [6.45, 7) is 5.64. The first-order chi connectivity index (χ1) is 16.5. The van der Waals surface area contributed by atoms with E-state index >= 15 is 0 Å². The van der Waals surface area contributed by atoms with E-state index in [4.69, 9.17) is 5.73 Å². The number of fused-ring (bicyclic) bond motifs is 1. The second-order valence-corrected chi connectivity index (χ2v) is 10.4. The lowest BCUT2D eigenvalue weighted by Gasteiger charge is -2.08. The molecule has 0 saturated carbocycles. The Hall–Kier alpha value is -1.70. The summed E-state index contributed by atoms with van der Waals surface area (Å²) in [4.78, 5) is 12.1. The summed E-state index contributed by atoms with van der Waals surface area (Å²) in [5, 5.41) is 9.71. The summed E-state index contributed by atoms with van der Waals surface area (Å²) < 4.78 is 35.8. The van der Waals surface area contributed by atoms with Gasteiger partial charge in [-0.2, -0.15) is 8.75 Å². The number of nitrogens with zero attached hydrogens (tertiary/aromatic N) is 2. The van der Waals surface area contributed by atoms with Gasteiger partial charge in [-0.25, -0.2) is 13.1 Å². The first-order valence-electron chi connectivity index (χ1n) is 12.1. The number of aromatic nitrogens is 2. The molecule has 0 aliphatic carbocycles. The maximum Gasteiger partial charge on any atom is 0.242 e. The molecule has 1 amide bonds. The van der Waals surface area contributed by atoms with Crippen molar-refractivity contribution in [3.63, 3.8) is 0 Å². The van der Waals surface area contributed by atoms with E-state index in [0.29, 0.717) is 37.0 Å². The zero-order chi connectivity index (χ0) is 24.5. The van der Waals surface area contributed by atoms with Crippen LogP contribution in [0, 0.1) is 0 Å². The number of carbonyl (C=O) groups is 1. The molecule has 0 saturated heterocycles. The fraction of sp³-hybridized carbons (Fsp3) is 0.682. The zero-order valence-corrected chi connectivity index (χ0v) is 21.5. The van der Waals surface area contributed by atoms with Crippen LogP contribution in [0.3, 0.4) is 0 Å². The maximum absolute atomic E-state index is 12.5. The lowest BCUT2D eigenvalue weighted by molar-refractivity contribution is -0.121. The molecule has 0 spiro atoms. The highest BCUT2D eigenvalue weighted by molar-refractivity contribution is 7.89. The van der Waals surface area contributed by atoms with Gasteiger partial charge < -0.3 is 21.7 Å². The van der Waals surface area contributed by atoms with Gasteiger partial charge in [0.05, 0.1) is 11.7 Å². The summed E-state index contributed by atoms with van der Waals surface area (Å²) in [5.74, 6) is 0.0480. The van der Waals surface area contributed by atoms with Crippen molar-refractivity contribution >= 4 is 38.7 Å². The summed E-state index contributed by atoms with van der Waals surface area (Å²) >= 11 is 0.997. The van der Waals surface area contributed by atoms with Crippen molar-refractivity contribution in [2.24, 2.45) is 5.73 Å². The second kappa shape index (κ2) is 16.8. The number of sulfonamides is 1. The Kier molecular flexibility index (Phi) is 14.1. The predicted octanol–water partition coefficient (Wildman–Crippen LogP) is 1.34. The van der Waals surface area contributed by atoms with Crippen molar-refractivity contribution < 1.29 is 13.2 Å². The first-order valence-corrected chi connectivity index (χ1v) is 14.3. The zero-order valence-electron chi connectivity index (χ0n) is 19.9. The van der Waals surface area contributed by atoms with E-state index in [0.717, 1.165) is 83.0 Å². The van der Waals surface area contributed by atoms with E-state index in [-0.39, 0.29) is 10.8 Å². The molecule has 0 unspecified atom stereocenters. The van der Waals surface area contributed by atoms with E-state index in [1.807, 2.05) is 0 Å². The minimum absolute atomic E-state index is 0.0480. The van der Waals surface area contributed by atoms with Gasteiger partial charge in [0.2, 0.25) is 15.9 Å². The Labute approximate surface area is 207 Å². The molecular weight excluding hydrogens is 474 g/mol. The van der Waals surface area contributed by atoms with Crippen molar-refractivity contribution in [2.45, 2.75) is 56.3 Å². The van der Waals surface area contributed by atoms with E-state index in [1.165, 1.54) is 6.07 Å². The van der Waals surface area contributed by atoms with E-state index in [1.54, 1.807) is 12.1 Å². The molecule has 2 aromatic rings. The van der Waals surface area contributed by atoms with Gasteiger partial charge in [0.25, 0.3) is 0 Å². The summed E-state index contributed by atoms with van der Waals surface area (Å²) in [7, 11) is -3.63. The standard InChI is InChI=1S/C22H39N7O3S2/c23-12-7-15-24-13-4-5-14-25-16-8-17-26-21(30)11-2-1-3-18-27-34(31,32)20-10-6-9-19-22(20)29-33-28-19/h6,9-10,24-25,27H,1-5,7-8,11-18,23H2,(H,26,30). The smallest absolute Gasteiger partial charge is 0.242 e. The molecule has 34 heavy (non-hydrogen) atoms. The van der Waals surface area contributed by atoms with Crippen LogP contribution in [0.4, 0.5) is 0 Å². The SMILES string of the molecule is NCCCNCCCCNCCCNC(=O)CCCCCNS(=O)(=O)c1cccc2nsnc12. The van der Waals surface area contributed by atoms with Crippen LogP contribution in [0.25, 0.3) is 11.0 Å². The van der Waals surface area contributed by atoms with Gasteiger partial charge >= 0.3 is 0 Å². The number of benzene rings is 1. The van der Waals surface area contributed by atoms with Crippen molar-refractivity contribution in [1.82, 2.24) is 29.4 Å². The molecule has 0 radical (unpaired) electrons. The van der Waals surface area contributed by atoms with Crippen LogP contribution in [-0.4, -0.2) is 68.9 Å². The highest BCUT2D eigenvalue weighted by Gasteiger charge is 2.18. The minimum Gasteiger partial charge on any atom is -0.356 e. The number of unbranched alkanes of at least 4 members (excludes halogenated alkanes) is 3. The highest BCUT2D eigenvalue weighted by atomic mass is 32.2. The van der Waals surface area contributed by atoms with Gasteiger partial charge in [-0.3, -0.25) is 4.79 Å². The third-order valence-corrected chi connectivity index (χ3v) is 7.31. The second-order valence-electron chi connectivity index (χ2n) is 8.15. The Morgan fingerprint density at radius 3 is 2.32 bits per heavy atom. The van der Waals surface area contributed by atoms with E-state index < -0.39 is 10.0 Å². The van der Waals surface area contributed by atoms with Gasteiger partial charge in [-0.1, -0.05) is 12.5 Å². The molecule has 0 fully saturated rings. The van der Waals surface area contributed by atoms with Gasteiger partial charge in [-0.15, -0.1) is 0 Å². The van der Waals surface area contributed by atoms with E-state index in [2.05, 4.69) is 29.4 Å². The average molecular weight is 514 g/mol. The highest BCUT2D eigenvalue weighted by Crippen LogP contribution is 2.20. The molecule has 12 heteroatoms. The van der Waals surface area contributed by atoms with Crippen LogP contribution >= 0.6 is 11.7 Å². The molecule has 0 atom stereocenters. The van der Waals surface area contributed by atoms with Gasteiger partial charge in [0, 0.05) is 19.5 Å². The summed E-state index contributed by atoms with van der Waals surface area (Å²) in [5.41, 5.74) is 6.43. The van der Waals surface area contributed by atoms with Crippen molar-refractivity contribution in [2.75, 3.05) is 45.8 Å². The van der Waals surface area contributed by atoms with Crippen LogP contribution < -0.4 is 26.4 Å². The largest absolute Gasteiger partial charge is 0.356 e. The molecule has 1 aromatic carbocycles. The average Bonchev–Trinajstić information content (AvgIpc) is 3.31. The number of rotatable bonds is 20. The molecule has 0 aliphatic rings. The molecule has 2 rings (SSSR count). The van der Waals surface area contributed by atoms with Gasteiger partial charge in [0.15, 0.2) is 0 Å². The van der Waals surface area contributed by atoms with Crippen molar-refractivity contribution in [3.8, 4) is 0 Å². The minimum atomic E-state index is -3.63. The normalized spacial score (nSPS) is 11.8. The number of nitrogens with two attached hydrogens (primary N) is 1. The molecule has 1 heterocycles. The molecule has 10 nitrogen and oxygen atoms in total. The number of hydrogen-bond donors (Lipinski definition) is 5. The fourth-order valence-corrected chi connectivity index (χ4v) is 5.21. The van der Waals surface area contributed by atoms with Gasteiger partial charge in [-0.05, 0) is 83.4 Å². The summed E-state index contributed by atoms with van der Waals surface area (Å²) in [6, 6.07) is 4.94. The molecule has 192 valence electrons. The van der Waals surface area contributed by atoms with Crippen molar-refractivity contribution in [1.29, 1.82) is 0 Å². The maximum atomic E-state index is 12.5. The number of hydrogen-bond acceptors (Lipinski definition) is 9. The first kappa shape index (κ1) is 28.5. The molecular formula is C22H39N7O3S2. The summed E-state index contributed by atoms with van der Waals surface area (Å²) in [6.07, 6.45) is 6.85. The topological polar surface area (TPSA) is 151 Å². The van der Waals surface area contributed by atoms with Gasteiger partial charge in [0.1, 0.15) is 15.9 Å². The third-order valence-electron chi connectivity index (χ3n) is 5.28. The molecule has 6 N–H and O–H groups in total. The fourth-order valence-electron chi connectivity index (χ4n) is 3.38. The van der Waals surface area contributed by atoms with Crippen LogP contribution in [0.2, 0.25) is 0 Å². The third kappa shape index (κ3) is 11.2. The molecule has 0 aliphatic heterocycles. The molecule has 1 aromatic heterocycles.